The minimum Gasteiger partial charge on any atom is -0.394 e. The number of aliphatic hydroxyl groups is 4. The van der Waals surface area contributed by atoms with Crippen molar-refractivity contribution >= 4 is 10.1 Å². The SMILES string of the molecule is Cc1ccc(S(=O)(=O)OC2O[C@H](CO)[C@@H](O)[C@H](O)[C@H]2O)cc1. The highest BCUT2D eigenvalue weighted by atomic mass is 32.2. The molecule has 1 aromatic rings. The zero-order chi connectivity index (χ0) is 16.5. The summed E-state index contributed by atoms with van der Waals surface area (Å²) in [6.45, 7) is 1.12. The van der Waals surface area contributed by atoms with E-state index in [-0.39, 0.29) is 4.90 Å². The smallest absolute Gasteiger partial charge is 0.299 e. The normalized spacial score (nSPS) is 32.9. The third-order valence-electron chi connectivity index (χ3n) is 3.38. The van der Waals surface area contributed by atoms with E-state index < -0.39 is 47.4 Å². The van der Waals surface area contributed by atoms with Gasteiger partial charge in [-0.05, 0) is 19.1 Å². The number of aliphatic hydroxyl groups excluding tert-OH is 4. The van der Waals surface area contributed by atoms with Gasteiger partial charge in [0.2, 0.25) is 6.29 Å². The van der Waals surface area contributed by atoms with Crippen molar-refractivity contribution in [1.29, 1.82) is 0 Å². The van der Waals surface area contributed by atoms with Gasteiger partial charge in [-0.3, -0.25) is 0 Å². The molecule has 1 aliphatic heterocycles. The predicted molar refractivity (Wildman–Crippen MR) is 73.2 cm³/mol. The van der Waals surface area contributed by atoms with Gasteiger partial charge in [0.05, 0.1) is 11.5 Å². The zero-order valence-electron chi connectivity index (χ0n) is 11.7. The Morgan fingerprint density at radius 1 is 1.09 bits per heavy atom. The first-order chi connectivity index (χ1) is 10.3. The van der Waals surface area contributed by atoms with Crippen LogP contribution >= 0.6 is 0 Å². The summed E-state index contributed by atoms with van der Waals surface area (Å²) in [7, 11) is -4.24. The number of hydrogen-bond acceptors (Lipinski definition) is 8. The summed E-state index contributed by atoms with van der Waals surface area (Å²) in [6.07, 6.45) is -8.04. The molecule has 5 atom stereocenters. The standard InChI is InChI=1S/C13H18O8S/c1-7-2-4-8(5-3-7)22(18,19)21-13-12(17)11(16)10(15)9(6-14)20-13/h2-5,9-17H,6H2,1H3/t9-,10-,11+,12-,13?/m1/s1. The molecule has 0 aliphatic carbocycles. The quantitative estimate of drug-likeness (QED) is 0.489. The van der Waals surface area contributed by atoms with Crippen LogP contribution in [0.3, 0.4) is 0 Å². The molecule has 1 saturated heterocycles. The van der Waals surface area contributed by atoms with Gasteiger partial charge in [-0.25, -0.2) is 4.18 Å². The lowest BCUT2D eigenvalue weighted by Crippen LogP contribution is -2.59. The zero-order valence-corrected chi connectivity index (χ0v) is 12.5. The van der Waals surface area contributed by atoms with Crippen molar-refractivity contribution in [2.45, 2.75) is 42.5 Å². The van der Waals surface area contributed by atoms with Crippen molar-refractivity contribution in [3.8, 4) is 0 Å². The largest absolute Gasteiger partial charge is 0.394 e. The number of rotatable bonds is 4. The Morgan fingerprint density at radius 2 is 1.68 bits per heavy atom. The average Bonchev–Trinajstić information content (AvgIpc) is 2.48. The van der Waals surface area contributed by atoms with E-state index in [0.29, 0.717) is 0 Å². The van der Waals surface area contributed by atoms with Gasteiger partial charge in [0, 0.05) is 0 Å². The van der Waals surface area contributed by atoms with Gasteiger partial charge in [-0.15, -0.1) is 0 Å². The molecule has 1 aliphatic rings. The second-order valence-electron chi connectivity index (χ2n) is 5.06. The van der Waals surface area contributed by atoms with E-state index in [1.165, 1.54) is 12.1 Å². The lowest BCUT2D eigenvalue weighted by atomic mass is 10.00. The Morgan fingerprint density at radius 3 is 2.23 bits per heavy atom. The molecule has 2 rings (SSSR count). The fourth-order valence-corrected chi connectivity index (χ4v) is 3.02. The average molecular weight is 334 g/mol. The molecule has 0 bridgehead atoms. The van der Waals surface area contributed by atoms with Gasteiger partial charge >= 0.3 is 0 Å². The molecular formula is C13H18O8S. The Bertz CT molecular complexity index is 597. The first kappa shape index (κ1) is 17.3. The lowest BCUT2D eigenvalue weighted by molar-refractivity contribution is -0.276. The maximum absolute atomic E-state index is 12.1. The molecule has 4 N–H and O–H groups in total. The molecule has 1 unspecified atom stereocenters. The summed E-state index contributed by atoms with van der Waals surface area (Å²) < 4.78 is 34.0. The van der Waals surface area contributed by atoms with Gasteiger partial charge in [-0.1, -0.05) is 17.7 Å². The summed E-state index contributed by atoms with van der Waals surface area (Å²) in [6, 6.07) is 5.80. The summed E-state index contributed by atoms with van der Waals surface area (Å²) in [4.78, 5) is -0.143. The first-order valence-corrected chi connectivity index (χ1v) is 7.97. The monoisotopic (exact) mass is 334 g/mol. The van der Waals surface area contributed by atoms with Crippen LogP contribution in [0.15, 0.2) is 29.2 Å². The molecule has 8 nitrogen and oxygen atoms in total. The minimum atomic E-state index is -4.24. The lowest BCUT2D eigenvalue weighted by Gasteiger charge is -2.39. The van der Waals surface area contributed by atoms with E-state index in [2.05, 4.69) is 0 Å². The van der Waals surface area contributed by atoms with Crippen LogP contribution in [-0.2, 0) is 19.0 Å². The van der Waals surface area contributed by atoms with Crippen molar-refractivity contribution in [2.75, 3.05) is 6.61 Å². The highest BCUT2D eigenvalue weighted by Crippen LogP contribution is 2.25. The Kier molecular flexibility index (Phi) is 5.17. The molecule has 0 amide bonds. The van der Waals surface area contributed by atoms with Crippen molar-refractivity contribution in [2.24, 2.45) is 0 Å². The molecule has 1 aromatic carbocycles. The number of hydrogen-bond donors (Lipinski definition) is 4. The van der Waals surface area contributed by atoms with Crippen molar-refractivity contribution < 1.29 is 37.8 Å². The van der Waals surface area contributed by atoms with Crippen LogP contribution in [0, 0.1) is 6.92 Å². The summed E-state index contributed by atoms with van der Waals surface area (Å²) in [5.41, 5.74) is 0.854. The van der Waals surface area contributed by atoms with Crippen LogP contribution < -0.4 is 0 Å². The molecule has 1 fully saturated rings. The molecule has 0 saturated carbocycles. The van der Waals surface area contributed by atoms with Crippen LogP contribution in [-0.4, -0.2) is 66.2 Å². The van der Waals surface area contributed by atoms with Crippen LogP contribution in [0.4, 0.5) is 0 Å². The third kappa shape index (κ3) is 3.46. The van der Waals surface area contributed by atoms with Crippen molar-refractivity contribution in [3.63, 3.8) is 0 Å². The van der Waals surface area contributed by atoms with Gasteiger partial charge in [0.25, 0.3) is 10.1 Å². The summed E-state index contributed by atoms with van der Waals surface area (Å²) in [5.74, 6) is 0. The molecular weight excluding hydrogens is 316 g/mol. The first-order valence-electron chi connectivity index (χ1n) is 6.57. The van der Waals surface area contributed by atoms with Crippen LogP contribution in [0.1, 0.15) is 5.56 Å². The van der Waals surface area contributed by atoms with Gasteiger partial charge in [0.1, 0.15) is 24.4 Å². The maximum Gasteiger partial charge on any atom is 0.299 e. The van der Waals surface area contributed by atoms with E-state index in [1.54, 1.807) is 19.1 Å². The second-order valence-corrected chi connectivity index (χ2v) is 6.63. The molecule has 124 valence electrons. The summed E-state index contributed by atoms with van der Waals surface area (Å²) in [5, 5.41) is 38.0. The number of benzene rings is 1. The third-order valence-corrected chi connectivity index (χ3v) is 4.67. The van der Waals surface area contributed by atoms with E-state index in [1.807, 2.05) is 0 Å². The van der Waals surface area contributed by atoms with Crippen molar-refractivity contribution in [3.05, 3.63) is 29.8 Å². The Labute approximate surface area is 127 Å². The topological polar surface area (TPSA) is 134 Å². The van der Waals surface area contributed by atoms with Crippen LogP contribution in [0.25, 0.3) is 0 Å². The van der Waals surface area contributed by atoms with Crippen LogP contribution in [0.5, 0.6) is 0 Å². The molecule has 0 spiro atoms. The van der Waals surface area contributed by atoms with E-state index in [9.17, 15) is 23.7 Å². The fraction of sp³-hybridized carbons (Fsp3) is 0.538. The van der Waals surface area contributed by atoms with E-state index >= 15 is 0 Å². The Hall–Kier alpha value is -1.07. The molecule has 1 heterocycles. The minimum absolute atomic E-state index is 0.143. The van der Waals surface area contributed by atoms with Crippen molar-refractivity contribution in [1.82, 2.24) is 0 Å². The second kappa shape index (κ2) is 6.59. The number of aryl methyl sites for hydroxylation is 1. The molecule has 22 heavy (non-hydrogen) atoms. The predicted octanol–water partition coefficient (Wildman–Crippen LogP) is -1.50. The number of ether oxygens (including phenoxy) is 1. The Balaban J connectivity index is 2.19. The molecule has 0 aromatic heterocycles. The van der Waals surface area contributed by atoms with E-state index in [4.69, 9.17) is 14.0 Å². The van der Waals surface area contributed by atoms with Crippen LogP contribution in [0.2, 0.25) is 0 Å². The van der Waals surface area contributed by atoms with Gasteiger partial charge in [0.15, 0.2) is 0 Å². The van der Waals surface area contributed by atoms with E-state index in [0.717, 1.165) is 5.56 Å². The fourth-order valence-electron chi connectivity index (χ4n) is 2.03. The molecule has 0 radical (unpaired) electrons. The highest BCUT2D eigenvalue weighted by molar-refractivity contribution is 7.86. The highest BCUT2D eigenvalue weighted by Gasteiger charge is 2.45. The van der Waals surface area contributed by atoms with Gasteiger partial charge in [-0.2, -0.15) is 8.42 Å². The van der Waals surface area contributed by atoms with Gasteiger partial charge < -0.3 is 25.2 Å². The maximum atomic E-state index is 12.1. The molecule has 9 heteroatoms. The summed E-state index contributed by atoms with van der Waals surface area (Å²) >= 11 is 0.